The predicted molar refractivity (Wildman–Crippen MR) is 186 cm³/mol. The first-order chi connectivity index (χ1) is 24.3. The van der Waals surface area contributed by atoms with Crippen LogP contribution in [0, 0.1) is 0 Å². The molecule has 0 radical (unpaired) electrons. The van der Waals surface area contributed by atoms with E-state index in [0.717, 1.165) is 22.3 Å². The van der Waals surface area contributed by atoms with Crippen LogP contribution < -0.4 is 16.0 Å². The Kier molecular flexibility index (Phi) is 12.5. The number of rotatable bonds is 16. The fraction of sp³-hybridized carbons (Fsp3) is 0.308. The number of hydrogen-bond donors (Lipinski definition) is 4. The number of fused-ring (bicyclic) bond motifs is 1. The van der Waals surface area contributed by atoms with Crippen molar-refractivity contribution >= 4 is 29.6 Å². The Morgan fingerprint density at radius 3 is 2.08 bits per heavy atom. The van der Waals surface area contributed by atoms with Crippen LogP contribution in [0.3, 0.4) is 0 Å². The van der Waals surface area contributed by atoms with Crippen molar-refractivity contribution in [2.24, 2.45) is 0 Å². The minimum Gasteiger partial charge on any atom is -0.465 e. The molecule has 0 fully saturated rings. The smallest absolute Gasteiger partial charge is 0.405 e. The second-order valence-electron chi connectivity index (χ2n) is 12.3. The molecule has 0 unspecified atom stereocenters. The van der Waals surface area contributed by atoms with Crippen LogP contribution in [0.1, 0.15) is 70.8 Å². The molecule has 4 N–H and O–H groups in total. The second-order valence-corrected chi connectivity index (χ2v) is 12.3. The van der Waals surface area contributed by atoms with Crippen LogP contribution in [0.15, 0.2) is 108 Å². The van der Waals surface area contributed by atoms with Crippen molar-refractivity contribution in [1.82, 2.24) is 20.9 Å². The summed E-state index contributed by atoms with van der Waals surface area (Å²) in [7, 11) is 0. The van der Waals surface area contributed by atoms with Crippen LogP contribution in [-0.2, 0) is 27.3 Å². The molecule has 0 saturated heterocycles. The highest BCUT2D eigenvalue weighted by molar-refractivity contribution is 5.96. The van der Waals surface area contributed by atoms with Gasteiger partial charge in [-0.25, -0.2) is 4.79 Å². The molecule has 50 heavy (non-hydrogen) atoms. The maximum absolute atomic E-state index is 13.4. The fourth-order valence-electron chi connectivity index (χ4n) is 6.29. The van der Waals surface area contributed by atoms with E-state index in [4.69, 9.17) is 4.42 Å². The van der Waals surface area contributed by atoms with Gasteiger partial charge in [-0.2, -0.15) is 0 Å². The summed E-state index contributed by atoms with van der Waals surface area (Å²) in [5.41, 5.74) is 4.00. The summed E-state index contributed by atoms with van der Waals surface area (Å²) in [5.74, 6) is -1.23. The topological polar surface area (TPSA) is 158 Å². The SMILES string of the molecule is O=C(O)N[C@@H](CCCCNC(=O)[C@@H]1Cc2ccccc2CN1C(=O)CCC(=O)c1ccco1)C(=O)NCC(c1ccccc1)c1ccccc1. The summed E-state index contributed by atoms with van der Waals surface area (Å²) in [6, 6.07) is 28.7. The number of amides is 4. The largest absolute Gasteiger partial charge is 0.465 e. The third-order valence-corrected chi connectivity index (χ3v) is 8.95. The van der Waals surface area contributed by atoms with E-state index in [1.165, 1.54) is 11.2 Å². The van der Waals surface area contributed by atoms with Crippen molar-refractivity contribution in [2.75, 3.05) is 13.1 Å². The van der Waals surface area contributed by atoms with Crippen molar-refractivity contribution in [1.29, 1.82) is 0 Å². The van der Waals surface area contributed by atoms with E-state index in [1.807, 2.05) is 84.9 Å². The van der Waals surface area contributed by atoms with E-state index < -0.39 is 24.1 Å². The van der Waals surface area contributed by atoms with Gasteiger partial charge in [0.05, 0.1) is 6.26 Å². The quantitative estimate of drug-likeness (QED) is 0.0952. The van der Waals surface area contributed by atoms with Crippen LogP contribution >= 0.6 is 0 Å². The molecule has 260 valence electrons. The van der Waals surface area contributed by atoms with Crippen LogP contribution in [0.5, 0.6) is 0 Å². The maximum atomic E-state index is 13.4. The van der Waals surface area contributed by atoms with Gasteiger partial charge in [-0.15, -0.1) is 0 Å². The van der Waals surface area contributed by atoms with Crippen LogP contribution in [0.4, 0.5) is 4.79 Å². The summed E-state index contributed by atoms with van der Waals surface area (Å²) in [5, 5.41) is 17.6. The van der Waals surface area contributed by atoms with Gasteiger partial charge in [0.25, 0.3) is 0 Å². The minimum absolute atomic E-state index is 0.0306. The molecular formula is C39H42N4O7. The Labute approximate surface area is 291 Å². The number of carbonyl (C=O) groups is 5. The Morgan fingerprint density at radius 2 is 1.44 bits per heavy atom. The molecule has 4 aromatic rings. The Hall–Kier alpha value is -5.71. The van der Waals surface area contributed by atoms with E-state index >= 15 is 0 Å². The molecule has 11 heteroatoms. The molecule has 2 atom stereocenters. The summed E-state index contributed by atoms with van der Waals surface area (Å²) in [6.07, 6.45) is 1.56. The number of nitrogens with one attached hydrogen (secondary N) is 3. The molecule has 1 aliphatic rings. The number of Topliss-reactive ketones (excluding diaryl/α,β-unsaturated/α-hetero) is 1. The van der Waals surface area contributed by atoms with Crippen molar-refractivity contribution in [3.05, 3.63) is 131 Å². The highest BCUT2D eigenvalue weighted by Gasteiger charge is 2.34. The lowest BCUT2D eigenvalue weighted by Gasteiger charge is -2.36. The van der Waals surface area contributed by atoms with Gasteiger partial charge in [-0.05, 0) is 53.6 Å². The number of hydrogen-bond acceptors (Lipinski definition) is 6. The van der Waals surface area contributed by atoms with E-state index in [0.29, 0.717) is 19.3 Å². The first kappa shape index (κ1) is 35.6. The van der Waals surface area contributed by atoms with Crippen molar-refractivity contribution in [2.45, 2.75) is 63.1 Å². The fourth-order valence-corrected chi connectivity index (χ4v) is 6.29. The van der Waals surface area contributed by atoms with Crippen LogP contribution in [-0.4, -0.2) is 64.8 Å². The van der Waals surface area contributed by atoms with Gasteiger partial charge >= 0.3 is 6.09 Å². The monoisotopic (exact) mass is 678 g/mol. The van der Waals surface area contributed by atoms with Gasteiger partial charge in [0, 0.05) is 44.8 Å². The molecule has 0 bridgehead atoms. The Balaban J connectivity index is 1.13. The summed E-state index contributed by atoms with van der Waals surface area (Å²) in [6.45, 7) is 0.827. The molecular weight excluding hydrogens is 636 g/mol. The molecule has 2 heterocycles. The average Bonchev–Trinajstić information content (AvgIpc) is 3.69. The number of ketones is 1. The molecule has 0 saturated carbocycles. The lowest BCUT2D eigenvalue weighted by atomic mass is 9.91. The summed E-state index contributed by atoms with van der Waals surface area (Å²) in [4.78, 5) is 65.5. The van der Waals surface area contributed by atoms with Gasteiger partial charge in [0.2, 0.25) is 17.7 Å². The number of furan rings is 1. The third-order valence-electron chi connectivity index (χ3n) is 8.95. The van der Waals surface area contributed by atoms with Gasteiger partial charge in [0.1, 0.15) is 12.1 Å². The zero-order chi connectivity index (χ0) is 35.3. The Bertz CT molecular complexity index is 1710. The van der Waals surface area contributed by atoms with E-state index in [1.54, 1.807) is 12.1 Å². The molecule has 5 rings (SSSR count). The predicted octanol–water partition coefficient (Wildman–Crippen LogP) is 5.07. The summed E-state index contributed by atoms with van der Waals surface area (Å²) >= 11 is 0. The highest BCUT2D eigenvalue weighted by atomic mass is 16.4. The van der Waals surface area contributed by atoms with Crippen LogP contribution in [0.2, 0.25) is 0 Å². The normalized spacial score (nSPS) is 14.3. The zero-order valence-electron chi connectivity index (χ0n) is 27.8. The standard InChI is InChI=1S/C39H42N4O7/c44-34(35-19-11-23-50-35)20-21-36(45)43-26-30-17-8-7-16-29(30)24-33(43)38(47)40-22-10-9-18-32(42-39(48)49)37(46)41-25-31(27-12-3-1-4-13-27)28-14-5-2-6-15-28/h1-8,11-17,19,23,31-33,42H,9-10,18,20-22,24-26H2,(H,40,47)(H,41,46)(H,48,49)/t32-,33-/m0/s1. The Morgan fingerprint density at radius 1 is 0.780 bits per heavy atom. The number of carboxylic acid groups (broad SMARTS) is 1. The van der Waals surface area contributed by atoms with Gasteiger partial charge < -0.3 is 30.4 Å². The molecule has 1 aliphatic heterocycles. The second kappa shape index (κ2) is 17.6. The first-order valence-corrected chi connectivity index (χ1v) is 16.9. The summed E-state index contributed by atoms with van der Waals surface area (Å²) < 4.78 is 5.15. The maximum Gasteiger partial charge on any atom is 0.405 e. The van der Waals surface area contributed by atoms with E-state index in [-0.39, 0.29) is 68.2 Å². The van der Waals surface area contributed by atoms with Gasteiger partial charge in [-0.1, -0.05) is 84.9 Å². The molecule has 0 spiro atoms. The van der Waals surface area contributed by atoms with E-state index in [9.17, 15) is 29.1 Å². The lowest BCUT2D eigenvalue weighted by molar-refractivity contribution is -0.141. The van der Waals surface area contributed by atoms with Crippen molar-refractivity contribution in [3.8, 4) is 0 Å². The molecule has 3 aromatic carbocycles. The number of benzene rings is 3. The molecule has 4 amide bonds. The van der Waals surface area contributed by atoms with Gasteiger partial charge in [0.15, 0.2) is 11.5 Å². The highest BCUT2D eigenvalue weighted by Crippen LogP contribution is 2.26. The number of unbranched alkanes of at least 4 members (excludes halogenated alkanes) is 1. The first-order valence-electron chi connectivity index (χ1n) is 16.9. The van der Waals surface area contributed by atoms with Crippen LogP contribution in [0.25, 0.3) is 0 Å². The molecule has 11 nitrogen and oxygen atoms in total. The third kappa shape index (κ3) is 9.68. The molecule has 0 aliphatic carbocycles. The minimum atomic E-state index is -1.30. The zero-order valence-corrected chi connectivity index (χ0v) is 27.8. The number of carbonyl (C=O) groups excluding carboxylic acids is 4. The van der Waals surface area contributed by atoms with Crippen molar-refractivity contribution < 1.29 is 33.5 Å². The van der Waals surface area contributed by atoms with Gasteiger partial charge in [-0.3, -0.25) is 19.2 Å². The number of nitrogens with zero attached hydrogens (tertiary/aromatic N) is 1. The molecule has 1 aromatic heterocycles. The van der Waals surface area contributed by atoms with E-state index in [2.05, 4.69) is 16.0 Å². The van der Waals surface area contributed by atoms with Crippen molar-refractivity contribution in [3.63, 3.8) is 0 Å². The average molecular weight is 679 g/mol. The lowest BCUT2D eigenvalue weighted by Crippen LogP contribution is -2.52.